The van der Waals surface area contributed by atoms with Crippen LogP contribution in [0.15, 0.2) is 0 Å². The van der Waals surface area contributed by atoms with Crippen molar-refractivity contribution in [3.63, 3.8) is 0 Å². The van der Waals surface area contributed by atoms with Crippen LogP contribution in [-0.2, 0) is 0 Å². The van der Waals surface area contributed by atoms with Crippen LogP contribution >= 0.6 is 0 Å². The second-order valence-corrected chi connectivity index (χ2v) is 6.25. The molecule has 0 aromatic rings. The van der Waals surface area contributed by atoms with Crippen molar-refractivity contribution in [2.24, 2.45) is 5.73 Å². The van der Waals surface area contributed by atoms with Gasteiger partial charge in [-0.1, -0.05) is 44.9 Å². The van der Waals surface area contributed by atoms with Crippen LogP contribution < -0.4 is 5.73 Å². The Kier molecular flexibility index (Phi) is 4.87. The van der Waals surface area contributed by atoms with Gasteiger partial charge in [0.2, 0.25) is 0 Å². The monoisotopic (exact) mass is 238 g/mol. The molecule has 2 nitrogen and oxygen atoms in total. The molecule has 17 heavy (non-hydrogen) atoms. The molecule has 2 rings (SSSR count). The molecular weight excluding hydrogens is 208 g/mol. The maximum Gasteiger partial charge on any atom is 0.0331 e. The minimum atomic E-state index is 0.341. The van der Waals surface area contributed by atoms with E-state index < -0.39 is 0 Å². The van der Waals surface area contributed by atoms with Gasteiger partial charge in [0, 0.05) is 18.1 Å². The molecule has 0 aromatic carbocycles. The second-order valence-electron chi connectivity index (χ2n) is 6.25. The van der Waals surface area contributed by atoms with Crippen LogP contribution in [0, 0.1) is 0 Å². The molecule has 2 aliphatic carbocycles. The number of rotatable bonds is 3. The summed E-state index contributed by atoms with van der Waals surface area (Å²) in [5.41, 5.74) is 6.48. The molecule has 100 valence electrons. The van der Waals surface area contributed by atoms with Crippen molar-refractivity contribution in [3.8, 4) is 0 Å². The van der Waals surface area contributed by atoms with E-state index in [2.05, 4.69) is 11.9 Å². The molecule has 0 saturated heterocycles. The molecule has 0 unspecified atom stereocenters. The van der Waals surface area contributed by atoms with E-state index in [1.165, 1.54) is 70.6 Å². The van der Waals surface area contributed by atoms with Gasteiger partial charge in [-0.25, -0.2) is 0 Å². The highest BCUT2D eigenvalue weighted by Gasteiger charge is 2.37. The van der Waals surface area contributed by atoms with Crippen LogP contribution in [0.2, 0.25) is 0 Å². The first-order chi connectivity index (χ1) is 8.28. The van der Waals surface area contributed by atoms with Gasteiger partial charge in [0.15, 0.2) is 0 Å². The average molecular weight is 238 g/mol. The summed E-state index contributed by atoms with van der Waals surface area (Å²) in [6.45, 7) is 0.861. The SMILES string of the molecule is CN(C1CCCCCC1)C1(CN)CCCCC1. The number of likely N-dealkylation sites (N-methyl/N-ethyl adjacent to an activating group) is 1. The zero-order valence-corrected chi connectivity index (χ0v) is 11.6. The lowest BCUT2D eigenvalue weighted by Crippen LogP contribution is -2.56. The highest BCUT2D eigenvalue weighted by molar-refractivity contribution is 4.95. The van der Waals surface area contributed by atoms with Crippen molar-refractivity contribution < 1.29 is 0 Å². The maximum atomic E-state index is 6.14. The van der Waals surface area contributed by atoms with E-state index in [9.17, 15) is 0 Å². The minimum Gasteiger partial charge on any atom is -0.329 e. The third-order valence-electron chi connectivity index (χ3n) is 5.28. The molecule has 0 atom stereocenters. The van der Waals surface area contributed by atoms with Crippen LogP contribution in [-0.4, -0.2) is 30.1 Å². The lowest BCUT2D eigenvalue weighted by Gasteiger charge is -2.47. The van der Waals surface area contributed by atoms with Gasteiger partial charge in [0.25, 0.3) is 0 Å². The highest BCUT2D eigenvalue weighted by Crippen LogP contribution is 2.35. The fourth-order valence-electron chi connectivity index (χ4n) is 3.94. The zero-order chi connectivity index (χ0) is 12.1. The molecule has 0 aromatic heterocycles. The lowest BCUT2D eigenvalue weighted by molar-refractivity contribution is 0.0372. The molecule has 2 fully saturated rings. The van der Waals surface area contributed by atoms with Crippen molar-refractivity contribution in [2.45, 2.75) is 82.2 Å². The van der Waals surface area contributed by atoms with Crippen molar-refractivity contribution in [2.75, 3.05) is 13.6 Å². The fraction of sp³-hybridized carbons (Fsp3) is 1.00. The number of hydrogen-bond acceptors (Lipinski definition) is 2. The molecule has 0 amide bonds. The first-order valence-electron chi connectivity index (χ1n) is 7.71. The Morgan fingerprint density at radius 2 is 1.47 bits per heavy atom. The van der Waals surface area contributed by atoms with Crippen molar-refractivity contribution in [3.05, 3.63) is 0 Å². The Hall–Kier alpha value is -0.0800. The van der Waals surface area contributed by atoms with Crippen molar-refractivity contribution in [1.29, 1.82) is 0 Å². The second kappa shape index (κ2) is 6.19. The van der Waals surface area contributed by atoms with Gasteiger partial charge in [-0.05, 0) is 32.7 Å². The van der Waals surface area contributed by atoms with Gasteiger partial charge in [0.1, 0.15) is 0 Å². The van der Waals surface area contributed by atoms with Crippen LogP contribution in [0.25, 0.3) is 0 Å². The minimum absolute atomic E-state index is 0.341. The zero-order valence-electron chi connectivity index (χ0n) is 11.6. The molecule has 0 spiro atoms. The summed E-state index contributed by atoms with van der Waals surface area (Å²) in [5, 5.41) is 0. The summed E-state index contributed by atoms with van der Waals surface area (Å²) in [7, 11) is 2.36. The number of nitrogens with two attached hydrogens (primary N) is 1. The quantitative estimate of drug-likeness (QED) is 0.764. The molecule has 0 aliphatic heterocycles. The molecule has 2 N–H and O–H groups in total. The molecule has 0 radical (unpaired) electrons. The van der Waals surface area contributed by atoms with E-state index in [-0.39, 0.29) is 0 Å². The third-order valence-corrected chi connectivity index (χ3v) is 5.28. The third kappa shape index (κ3) is 3.03. The fourth-order valence-corrected chi connectivity index (χ4v) is 3.94. The van der Waals surface area contributed by atoms with E-state index in [1.54, 1.807) is 0 Å². The van der Waals surface area contributed by atoms with Gasteiger partial charge in [-0.3, -0.25) is 4.90 Å². The first-order valence-corrected chi connectivity index (χ1v) is 7.71. The Labute approximate surface area is 107 Å². The van der Waals surface area contributed by atoms with Gasteiger partial charge >= 0.3 is 0 Å². The summed E-state index contributed by atoms with van der Waals surface area (Å²) >= 11 is 0. The van der Waals surface area contributed by atoms with Crippen LogP contribution in [0.3, 0.4) is 0 Å². The van der Waals surface area contributed by atoms with Crippen LogP contribution in [0.5, 0.6) is 0 Å². The van der Waals surface area contributed by atoms with Crippen LogP contribution in [0.4, 0.5) is 0 Å². The number of hydrogen-bond donors (Lipinski definition) is 1. The standard InChI is InChI=1S/C15H30N2/c1-17(14-9-5-2-3-6-10-14)15(13-16)11-7-4-8-12-15/h14H,2-13,16H2,1H3. The summed E-state index contributed by atoms with van der Waals surface area (Å²) in [6, 6.07) is 0.805. The molecule has 2 saturated carbocycles. The summed E-state index contributed by atoms with van der Waals surface area (Å²) in [4.78, 5) is 2.69. The largest absolute Gasteiger partial charge is 0.329 e. The van der Waals surface area contributed by atoms with E-state index in [0.717, 1.165) is 12.6 Å². The average Bonchev–Trinajstić information content (AvgIpc) is 2.67. The number of nitrogens with zero attached hydrogens (tertiary/aromatic N) is 1. The Morgan fingerprint density at radius 3 is 2.00 bits per heavy atom. The first kappa shape index (κ1) is 13.4. The summed E-state index contributed by atoms with van der Waals surface area (Å²) in [5.74, 6) is 0. The summed E-state index contributed by atoms with van der Waals surface area (Å²) in [6.07, 6.45) is 15.4. The molecule has 2 aliphatic rings. The molecule has 0 heterocycles. The Balaban J connectivity index is 2.01. The van der Waals surface area contributed by atoms with E-state index in [1.807, 2.05) is 0 Å². The lowest BCUT2D eigenvalue weighted by atomic mass is 9.79. The maximum absolute atomic E-state index is 6.14. The smallest absolute Gasteiger partial charge is 0.0331 e. The predicted octanol–water partition coefficient (Wildman–Crippen LogP) is 3.30. The normalized spacial score (nSPS) is 27.0. The van der Waals surface area contributed by atoms with Gasteiger partial charge in [-0.2, -0.15) is 0 Å². The van der Waals surface area contributed by atoms with E-state index in [4.69, 9.17) is 5.73 Å². The van der Waals surface area contributed by atoms with E-state index >= 15 is 0 Å². The topological polar surface area (TPSA) is 29.3 Å². The van der Waals surface area contributed by atoms with Gasteiger partial charge in [0.05, 0.1) is 0 Å². The van der Waals surface area contributed by atoms with Gasteiger partial charge in [-0.15, -0.1) is 0 Å². The van der Waals surface area contributed by atoms with Crippen LogP contribution in [0.1, 0.15) is 70.6 Å². The molecule has 0 bridgehead atoms. The predicted molar refractivity (Wildman–Crippen MR) is 74.1 cm³/mol. The van der Waals surface area contributed by atoms with Gasteiger partial charge < -0.3 is 5.73 Å². The Morgan fingerprint density at radius 1 is 0.941 bits per heavy atom. The molecule has 2 heteroatoms. The van der Waals surface area contributed by atoms with E-state index in [0.29, 0.717) is 5.54 Å². The van der Waals surface area contributed by atoms with Crippen molar-refractivity contribution >= 4 is 0 Å². The highest BCUT2D eigenvalue weighted by atomic mass is 15.2. The molecular formula is C15H30N2. The summed E-state index contributed by atoms with van der Waals surface area (Å²) < 4.78 is 0. The Bertz CT molecular complexity index is 213. The van der Waals surface area contributed by atoms with Crippen molar-refractivity contribution in [1.82, 2.24) is 4.90 Å².